The van der Waals surface area contributed by atoms with E-state index in [1.54, 1.807) is 0 Å². The van der Waals surface area contributed by atoms with Crippen molar-refractivity contribution in [2.45, 2.75) is 32.7 Å². The molecular formula is C14H26N4. The van der Waals surface area contributed by atoms with Crippen molar-refractivity contribution in [3.63, 3.8) is 0 Å². The summed E-state index contributed by atoms with van der Waals surface area (Å²) >= 11 is 0. The summed E-state index contributed by atoms with van der Waals surface area (Å²) in [6.45, 7) is 6.74. The Hall–Kier alpha value is -0.870. The highest BCUT2D eigenvalue weighted by atomic mass is 15.3. The van der Waals surface area contributed by atoms with Gasteiger partial charge in [-0.1, -0.05) is 0 Å². The van der Waals surface area contributed by atoms with Crippen LogP contribution < -0.4 is 5.32 Å². The maximum absolute atomic E-state index is 4.26. The van der Waals surface area contributed by atoms with Crippen LogP contribution in [0.1, 0.15) is 30.5 Å². The van der Waals surface area contributed by atoms with Crippen LogP contribution in [0.5, 0.6) is 0 Å². The molecule has 2 rings (SSSR count). The molecule has 0 spiro atoms. The number of likely N-dealkylation sites (tertiary alicyclic amines) is 1. The monoisotopic (exact) mass is 250 g/mol. The van der Waals surface area contributed by atoms with Crippen molar-refractivity contribution in [1.29, 1.82) is 0 Å². The largest absolute Gasteiger partial charge is 0.313 e. The maximum atomic E-state index is 4.26. The molecule has 0 atom stereocenters. The fourth-order valence-electron chi connectivity index (χ4n) is 2.60. The summed E-state index contributed by atoms with van der Waals surface area (Å²) in [4.78, 5) is 2.43. The highest BCUT2D eigenvalue weighted by Gasteiger charge is 2.15. The van der Waals surface area contributed by atoms with Crippen molar-refractivity contribution in [3.8, 4) is 0 Å². The molecule has 1 fully saturated rings. The van der Waals surface area contributed by atoms with E-state index in [0.29, 0.717) is 0 Å². The van der Waals surface area contributed by atoms with Gasteiger partial charge in [0.25, 0.3) is 0 Å². The smallest absolute Gasteiger partial charge is 0.0537 e. The van der Waals surface area contributed by atoms with Gasteiger partial charge in [0.05, 0.1) is 6.20 Å². The number of aromatic nitrogens is 2. The van der Waals surface area contributed by atoms with Crippen molar-refractivity contribution in [2.75, 3.05) is 26.7 Å². The van der Waals surface area contributed by atoms with Crippen LogP contribution in [-0.4, -0.2) is 41.4 Å². The normalized spacial score (nSPS) is 18.4. The Kier molecular flexibility index (Phi) is 4.78. The first kappa shape index (κ1) is 13.6. The zero-order chi connectivity index (χ0) is 13.0. The van der Waals surface area contributed by atoms with Crippen molar-refractivity contribution in [1.82, 2.24) is 20.0 Å². The SMILES string of the molecule is Cc1c(CNCCC2CCN(C)CC2)cnn1C. The molecule has 4 nitrogen and oxygen atoms in total. The molecule has 1 aliphatic heterocycles. The van der Waals surface area contributed by atoms with Gasteiger partial charge in [0.2, 0.25) is 0 Å². The lowest BCUT2D eigenvalue weighted by molar-refractivity contribution is 0.211. The third-order valence-electron chi connectivity index (χ3n) is 4.22. The summed E-state index contributed by atoms with van der Waals surface area (Å²) in [6, 6.07) is 0. The summed E-state index contributed by atoms with van der Waals surface area (Å²) < 4.78 is 1.94. The van der Waals surface area contributed by atoms with Crippen LogP contribution in [0, 0.1) is 12.8 Å². The van der Waals surface area contributed by atoms with Crippen molar-refractivity contribution in [3.05, 3.63) is 17.5 Å². The Bertz CT molecular complexity index is 364. The first-order valence-corrected chi connectivity index (χ1v) is 7.03. The van der Waals surface area contributed by atoms with Crippen LogP contribution in [0.4, 0.5) is 0 Å². The highest BCUT2D eigenvalue weighted by molar-refractivity contribution is 5.15. The summed E-state index contributed by atoms with van der Waals surface area (Å²) in [6.07, 6.45) is 6.01. The summed E-state index contributed by atoms with van der Waals surface area (Å²) in [7, 11) is 4.22. The van der Waals surface area contributed by atoms with Crippen molar-refractivity contribution in [2.24, 2.45) is 13.0 Å². The molecule has 0 aliphatic carbocycles. The second kappa shape index (κ2) is 6.34. The lowest BCUT2D eigenvalue weighted by Crippen LogP contribution is -2.31. The van der Waals surface area contributed by atoms with E-state index < -0.39 is 0 Å². The third kappa shape index (κ3) is 3.56. The van der Waals surface area contributed by atoms with E-state index in [4.69, 9.17) is 0 Å². The first-order valence-electron chi connectivity index (χ1n) is 7.03. The average Bonchev–Trinajstić information content (AvgIpc) is 2.68. The molecule has 0 bridgehead atoms. The van der Waals surface area contributed by atoms with Crippen LogP contribution in [0.15, 0.2) is 6.20 Å². The van der Waals surface area contributed by atoms with Gasteiger partial charge in [-0.05, 0) is 58.8 Å². The molecular weight excluding hydrogens is 224 g/mol. The Morgan fingerprint density at radius 1 is 1.33 bits per heavy atom. The fourth-order valence-corrected chi connectivity index (χ4v) is 2.60. The lowest BCUT2D eigenvalue weighted by atomic mass is 9.94. The van der Waals surface area contributed by atoms with Gasteiger partial charge >= 0.3 is 0 Å². The zero-order valence-corrected chi connectivity index (χ0v) is 11.9. The van der Waals surface area contributed by atoms with E-state index in [2.05, 4.69) is 29.3 Å². The Morgan fingerprint density at radius 3 is 2.67 bits per heavy atom. The molecule has 0 radical (unpaired) electrons. The zero-order valence-electron chi connectivity index (χ0n) is 11.9. The molecule has 2 heterocycles. The van der Waals surface area contributed by atoms with Gasteiger partial charge in [0, 0.05) is 24.8 Å². The molecule has 4 heteroatoms. The highest BCUT2D eigenvalue weighted by Crippen LogP contribution is 2.18. The van der Waals surface area contributed by atoms with Crippen LogP contribution >= 0.6 is 0 Å². The van der Waals surface area contributed by atoms with Gasteiger partial charge in [0.1, 0.15) is 0 Å². The topological polar surface area (TPSA) is 33.1 Å². The average molecular weight is 250 g/mol. The lowest BCUT2D eigenvalue weighted by Gasteiger charge is -2.28. The minimum Gasteiger partial charge on any atom is -0.313 e. The van der Waals surface area contributed by atoms with E-state index in [-0.39, 0.29) is 0 Å². The van der Waals surface area contributed by atoms with E-state index in [1.807, 2.05) is 17.9 Å². The molecule has 18 heavy (non-hydrogen) atoms. The second-order valence-corrected chi connectivity index (χ2v) is 5.59. The van der Waals surface area contributed by atoms with Crippen LogP contribution in [0.25, 0.3) is 0 Å². The molecule has 1 aromatic heterocycles. The predicted octanol–water partition coefficient (Wildman–Crippen LogP) is 1.55. The van der Waals surface area contributed by atoms with Gasteiger partial charge in [0.15, 0.2) is 0 Å². The molecule has 1 saturated heterocycles. The summed E-state index contributed by atoms with van der Waals surface area (Å²) in [5.41, 5.74) is 2.59. The summed E-state index contributed by atoms with van der Waals surface area (Å²) in [5.74, 6) is 0.920. The van der Waals surface area contributed by atoms with E-state index in [0.717, 1.165) is 19.0 Å². The molecule has 0 saturated carbocycles. The number of hydrogen-bond donors (Lipinski definition) is 1. The number of nitrogens with one attached hydrogen (secondary N) is 1. The number of rotatable bonds is 5. The molecule has 0 unspecified atom stereocenters. The predicted molar refractivity (Wildman–Crippen MR) is 74.5 cm³/mol. The van der Waals surface area contributed by atoms with Gasteiger partial charge in [-0.25, -0.2) is 0 Å². The molecule has 1 aliphatic rings. The molecule has 0 amide bonds. The molecule has 1 N–H and O–H groups in total. The van der Waals surface area contributed by atoms with Crippen LogP contribution in [-0.2, 0) is 13.6 Å². The van der Waals surface area contributed by atoms with Crippen molar-refractivity contribution >= 4 is 0 Å². The number of piperidine rings is 1. The second-order valence-electron chi connectivity index (χ2n) is 5.59. The fraction of sp³-hybridized carbons (Fsp3) is 0.786. The molecule has 1 aromatic rings. The standard InChI is InChI=1S/C14H26N4/c1-12-14(11-16-18(12)3)10-15-7-4-13-5-8-17(2)9-6-13/h11,13,15H,4-10H2,1-3H3. The summed E-state index contributed by atoms with van der Waals surface area (Å²) in [5, 5.41) is 7.81. The van der Waals surface area contributed by atoms with Crippen LogP contribution in [0.2, 0.25) is 0 Å². The quantitative estimate of drug-likeness (QED) is 0.805. The Balaban J connectivity index is 1.63. The van der Waals surface area contributed by atoms with Crippen LogP contribution in [0.3, 0.4) is 0 Å². The Morgan fingerprint density at radius 2 is 2.06 bits per heavy atom. The Labute approximate surface area is 110 Å². The van der Waals surface area contributed by atoms with Gasteiger partial charge in [-0.3, -0.25) is 4.68 Å². The van der Waals surface area contributed by atoms with Gasteiger partial charge in [-0.2, -0.15) is 5.10 Å². The number of nitrogens with zero attached hydrogens (tertiary/aromatic N) is 3. The molecule has 0 aromatic carbocycles. The maximum Gasteiger partial charge on any atom is 0.0537 e. The minimum atomic E-state index is 0.920. The van der Waals surface area contributed by atoms with E-state index in [1.165, 1.54) is 43.6 Å². The minimum absolute atomic E-state index is 0.920. The first-order chi connectivity index (χ1) is 8.66. The number of hydrogen-bond acceptors (Lipinski definition) is 3. The van der Waals surface area contributed by atoms with E-state index in [9.17, 15) is 0 Å². The van der Waals surface area contributed by atoms with Crippen molar-refractivity contribution < 1.29 is 0 Å². The third-order valence-corrected chi connectivity index (χ3v) is 4.22. The van der Waals surface area contributed by atoms with Gasteiger partial charge < -0.3 is 10.2 Å². The van der Waals surface area contributed by atoms with E-state index >= 15 is 0 Å². The number of aryl methyl sites for hydroxylation is 1. The molecule has 102 valence electrons. The van der Waals surface area contributed by atoms with Gasteiger partial charge in [-0.15, -0.1) is 0 Å².